The van der Waals surface area contributed by atoms with Gasteiger partial charge in [-0.2, -0.15) is 0 Å². The molecule has 0 unspecified atom stereocenters. The fraction of sp³-hybridized carbons (Fsp3) is 0.667. The maximum atomic E-state index is 11.7. The van der Waals surface area contributed by atoms with E-state index in [9.17, 15) is 4.79 Å². The van der Waals surface area contributed by atoms with Crippen LogP contribution >= 0.6 is 0 Å². The minimum atomic E-state index is -0.196. The van der Waals surface area contributed by atoms with Crippen LogP contribution in [-0.4, -0.2) is 12.1 Å². The van der Waals surface area contributed by atoms with Crippen molar-refractivity contribution in [1.29, 1.82) is 0 Å². The van der Waals surface area contributed by atoms with E-state index in [1.807, 2.05) is 6.92 Å². The maximum absolute atomic E-state index is 11.7. The fourth-order valence-electron chi connectivity index (χ4n) is 3.08. The van der Waals surface area contributed by atoms with Crippen molar-refractivity contribution in [3.8, 4) is 0 Å². The van der Waals surface area contributed by atoms with Gasteiger partial charge in [0.05, 0.1) is 0 Å². The predicted octanol–water partition coefficient (Wildman–Crippen LogP) is 3.49. The molecule has 2 aliphatic rings. The third-order valence-electron chi connectivity index (χ3n) is 4.70. The summed E-state index contributed by atoms with van der Waals surface area (Å²) in [6.07, 6.45) is 3.94. The molecule has 94 valence electrons. The molecule has 0 heterocycles. The Morgan fingerprint density at radius 2 is 2.18 bits per heavy atom. The van der Waals surface area contributed by atoms with E-state index in [2.05, 4.69) is 20.4 Å². The van der Waals surface area contributed by atoms with Gasteiger partial charge in [0, 0.05) is 5.57 Å². The van der Waals surface area contributed by atoms with Gasteiger partial charge in [-0.25, -0.2) is 4.79 Å². The van der Waals surface area contributed by atoms with E-state index in [1.165, 1.54) is 6.42 Å². The lowest BCUT2D eigenvalue weighted by Gasteiger charge is -2.20. The number of hydrogen-bond acceptors (Lipinski definition) is 2. The summed E-state index contributed by atoms with van der Waals surface area (Å²) in [4.78, 5) is 11.7. The molecule has 2 fully saturated rings. The van der Waals surface area contributed by atoms with Crippen molar-refractivity contribution in [2.75, 3.05) is 0 Å². The van der Waals surface area contributed by atoms with E-state index in [-0.39, 0.29) is 12.1 Å². The standard InChI is InChI=1S/C15H22O2/c1-6-10(4)14(16)17-13-8-15(9(2)3)7-12(15)11(13)5/h6,9,12-13H,5,7-8H2,1-4H3/b10-6+/t12-,13-,15+/m0/s1. The van der Waals surface area contributed by atoms with E-state index < -0.39 is 0 Å². The number of carbonyl (C=O) groups excluding carboxylic acids is 1. The van der Waals surface area contributed by atoms with Gasteiger partial charge in [0.25, 0.3) is 0 Å². The molecule has 0 N–H and O–H groups in total. The summed E-state index contributed by atoms with van der Waals surface area (Å²) in [7, 11) is 0. The summed E-state index contributed by atoms with van der Waals surface area (Å²) >= 11 is 0. The number of carbonyl (C=O) groups is 1. The number of ether oxygens (including phenoxy) is 1. The number of allylic oxidation sites excluding steroid dienone is 1. The third-order valence-corrected chi connectivity index (χ3v) is 4.70. The van der Waals surface area contributed by atoms with Crippen LogP contribution in [0.1, 0.15) is 40.5 Å². The zero-order valence-electron chi connectivity index (χ0n) is 11.2. The van der Waals surface area contributed by atoms with Gasteiger partial charge in [-0.3, -0.25) is 0 Å². The smallest absolute Gasteiger partial charge is 0.333 e. The Bertz CT molecular complexity index is 392. The minimum absolute atomic E-state index is 0.0569. The summed E-state index contributed by atoms with van der Waals surface area (Å²) in [5.41, 5.74) is 2.19. The number of hydrogen-bond donors (Lipinski definition) is 0. The molecule has 2 aliphatic carbocycles. The van der Waals surface area contributed by atoms with Crippen molar-refractivity contribution < 1.29 is 9.53 Å². The first-order valence-corrected chi connectivity index (χ1v) is 6.45. The molecule has 17 heavy (non-hydrogen) atoms. The van der Waals surface area contributed by atoms with Gasteiger partial charge in [-0.15, -0.1) is 0 Å². The Labute approximate surface area is 104 Å². The zero-order chi connectivity index (χ0) is 12.8. The quantitative estimate of drug-likeness (QED) is 0.424. The number of fused-ring (bicyclic) bond motifs is 1. The van der Waals surface area contributed by atoms with Crippen molar-refractivity contribution in [1.82, 2.24) is 0 Å². The van der Waals surface area contributed by atoms with Crippen LogP contribution in [0.5, 0.6) is 0 Å². The summed E-state index contributed by atoms with van der Waals surface area (Å²) in [6.45, 7) is 12.3. The minimum Gasteiger partial charge on any atom is -0.454 e. The average molecular weight is 234 g/mol. The van der Waals surface area contributed by atoms with Crippen LogP contribution in [0.3, 0.4) is 0 Å². The summed E-state index contributed by atoms with van der Waals surface area (Å²) in [6, 6.07) is 0. The predicted molar refractivity (Wildman–Crippen MR) is 68.4 cm³/mol. The first-order chi connectivity index (χ1) is 7.92. The highest BCUT2D eigenvalue weighted by Gasteiger charge is 2.64. The highest BCUT2D eigenvalue weighted by molar-refractivity contribution is 5.88. The summed E-state index contributed by atoms with van der Waals surface area (Å²) < 4.78 is 5.55. The van der Waals surface area contributed by atoms with E-state index in [0.29, 0.717) is 22.8 Å². The van der Waals surface area contributed by atoms with E-state index in [1.54, 1.807) is 13.0 Å². The molecule has 2 heteroatoms. The second-order valence-corrected chi connectivity index (χ2v) is 5.79. The van der Waals surface area contributed by atoms with Crippen molar-refractivity contribution in [3.05, 3.63) is 23.8 Å². The highest BCUT2D eigenvalue weighted by Crippen LogP contribution is 2.69. The molecule has 2 rings (SSSR count). The van der Waals surface area contributed by atoms with E-state index >= 15 is 0 Å². The Morgan fingerprint density at radius 3 is 2.65 bits per heavy atom. The van der Waals surface area contributed by atoms with Crippen LogP contribution in [0, 0.1) is 17.3 Å². The van der Waals surface area contributed by atoms with Gasteiger partial charge < -0.3 is 4.74 Å². The van der Waals surface area contributed by atoms with E-state index in [0.717, 1.165) is 12.0 Å². The van der Waals surface area contributed by atoms with Crippen molar-refractivity contribution in [2.45, 2.75) is 46.6 Å². The first-order valence-electron chi connectivity index (χ1n) is 6.45. The molecular formula is C15H22O2. The van der Waals surface area contributed by atoms with Crippen LogP contribution < -0.4 is 0 Å². The Hall–Kier alpha value is -1.05. The van der Waals surface area contributed by atoms with Gasteiger partial charge in [0.1, 0.15) is 6.10 Å². The van der Waals surface area contributed by atoms with Gasteiger partial charge in [0.15, 0.2) is 0 Å². The normalized spacial score (nSPS) is 36.1. The van der Waals surface area contributed by atoms with Gasteiger partial charge >= 0.3 is 5.97 Å². The first kappa shape index (κ1) is 12.4. The molecule has 0 aromatic rings. The second-order valence-electron chi connectivity index (χ2n) is 5.79. The van der Waals surface area contributed by atoms with Crippen LogP contribution in [-0.2, 0) is 9.53 Å². The SMILES string of the molecule is C=C1[C@@H](OC(=O)/C(C)=C/C)C[C@@]2(C(C)C)C[C@@H]12. The van der Waals surface area contributed by atoms with Gasteiger partial charge in [-0.1, -0.05) is 26.5 Å². The molecule has 2 saturated carbocycles. The van der Waals surface area contributed by atoms with Crippen molar-refractivity contribution in [3.63, 3.8) is 0 Å². The maximum Gasteiger partial charge on any atom is 0.333 e. The lowest BCUT2D eigenvalue weighted by Crippen LogP contribution is -2.21. The molecule has 0 aromatic heterocycles. The molecule has 0 spiro atoms. The second kappa shape index (κ2) is 4.01. The Morgan fingerprint density at radius 1 is 1.53 bits per heavy atom. The van der Waals surface area contributed by atoms with Crippen LogP contribution in [0.25, 0.3) is 0 Å². The van der Waals surface area contributed by atoms with Gasteiger partial charge in [0.2, 0.25) is 0 Å². The van der Waals surface area contributed by atoms with Crippen LogP contribution in [0.2, 0.25) is 0 Å². The number of rotatable bonds is 3. The summed E-state index contributed by atoms with van der Waals surface area (Å²) in [5, 5.41) is 0. The molecule has 0 bridgehead atoms. The van der Waals surface area contributed by atoms with E-state index in [4.69, 9.17) is 4.74 Å². The topological polar surface area (TPSA) is 26.3 Å². The largest absolute Gasteiger partial charge is 0.454 e. The van der Waals surface area contributed by atoms with Gasteiger partial charge in [-0.05, 0) is 49.5 Å². The molecule has 0 aromatic carbocycles. The summed E-state index contributed by atoms with van der Waals surface area (Å²) in [5.74, 6) is 1.04. The Balaban J connectivity index is 2.02. The molecule has 0 saturated heterocycles. The third kappa shape index (κ3) is 1.84. The van der Waals surface area contributed by atoms with Crippen molar-refractivity contribution in [2.24, 2.45) is 17.3 Å². The highest BCUT2D eigenvalue weighted by atomic mass is 16.5. The average Bonchev–Trinajstić information content (AvgIpc) is 2.95. The molecular weight excluding hydrogens is 212 g/mol. The van der Waals surface area contributed by atoms with Crippen molar-refractivity contribution >= 4 is 5.97 Å². The molecule has 2 nitrogen and oxygen atoms in total. The molecule has 0 radical (unpaired) electrons. The Kier molecular flexibility index (Phi) is 2.92. The van der Waals surface area contributed by atoms with Crippen LogP contribution in [0.15, 0.2) is 23.8 Å². The lowest BCUT2D eigenvalue weighted by atomic mass is 9.89. The molecule has 3 atom stereocenters. The molecule has 0 amide bonds. The molecule has 0 aliphatic heterocycles. The number of esters is 1. The van der Waals surface area contributed by atoms with Crippen LogP contribution in [0.4, 0.5) is 0 Å². The monoisotopic (exact) mass is 234 g/mol. The zero-order valence-corrected chi connectivity index (χ0v) is 11.2. The fourth-order valence-corrected chi connectivity index (χ4v) is 3.08. The lowest BCUT2D eigenvalue weighted by molar-refractivity contribution is -0.142.